The molecule has 20 heavy (non-hydrogen) atoms. The standard InChI is InChI=1S/C13H13IN4O2/c1-15-13(20)11-10(7-18(2)17-11)16-12(19)8-5-3-4-6-9(8)14/h3-7H,1-2H3,(H,15,20)(H,16,19). The van der Waals surface area contributed by atoms with Gasteiger partial charge in [-0.15, -0.1) is 0 Å². The molecule has 0 unspecified atom stereocenters. The molecule has 0 radical (unpaired) electrons. The number of halogens is 1. The maximum absolute atomic E-state index is 12.2. The lowest BCUT2D eigenvalue weighted by molar-refractivity contribution is 0.0958. The number of hydrogen-bond donors (Lipinski definition) is 2. The van der Waals surface area contributed by atoms with Crippen LogP contribution >= 0.6 is 22.6 Å². The van der Waals surface area contributed by atoms with Crippen molar-refractivity contribution in [3.05, 3.63) is 45.3 Å². The minimum absolute atomic E-state index is 0.189. The minimum Gasteiger partial charge on any atom is -0.354 e. The molecule has 7 heteroatoms. The number of hydrogen-bond acceptors (Lipinski definition) is 3. The van der Waals surface area contributed by atoms with E-state index >= 15 is 0 Å². The van der Waals surface area contributed by atoms with Crippen LogP contribution in [0.25, 0.3) is 0 Å². The highest BCUT2D eigenvalue weighted by Gasteiger charge is 2.18. The first-order valence-corrected chi connectivity index (χ1v) is 6.92. The summed E-state index contributed by atoms with van der Waals surface area (Å²) in [5.74, 6) is -0.614. The highest BCUT2D eigenvalue weighted by Crippen LogP contribution is 2.17. The van der Waals surface area contributed by atoms with Crippen LogP contribution in [0.1, 0.15) is 20.8 Å². The van der Waals surface area contributed by atoms with Gasteiger partial charge < -0.3 is 10.6 Å². The van der Waals surface area contributed by atoms with Gasteiger partial charge in [-0.25, -0.2) is 0 Å². The Balaban J connectivity index is 2.29. The van der Waals surface area contributed by atoms with E-state index in [1.54, 1.807) is 25.4 Å². The van der Waals surface area contributed by atoms with Crippen molar-refractivity contribution in [3.63, 3.8) is 0 Å². The summed E-state index contributed by atoms with van der Waals surface area (Å²) in [6.45, 7) is 0. The second-order valence-electron chi connectivity index (χ2n) is 4.08. The Bertz CT molecular complexity index is 666. The van der Waals surface area contributed by atoms with E-state index in [0.29, 0.717) is 11.3 Å². The highest BCUT2D eigenvalue weighted by atomic mass is 127. The monoisotopic (exact) mass is 384 g/mol. The average Bonchev–Trinajstić information content (AvgIpc) is 2.79. The third-order valence-electron chi connectivity index (χ3n) is 2.64. The summed E-state index contributed by atoms with van der Waals surface area (Å²) >= 11 is 2.09. The van der Waals surface area contributed by atoms with Crippen molar-refractivity contribution in [2.75, 3.05) is 12.4 Å². The fourth-order valence-corrected chi connectivity index (χ4v) is 2.33. The first-order chi connectivity index (χ1) is 9.52. The first-order valence-electron chi connectivity index (χ1n) is 5.84. The number of rotatable bonds is 3. The van der Waals surface area contributed by atoms with Crippen molar-refractivity contribution in [1.29, 1.82) is 0 Å². The lowest BCUT2D eigenvalue weighted by Gasteiger charge is -2.06. The molecule has 1 aromatic heterocycles. The second-order valence-corrected chi connectivity index (χ2v) is 5.24. The average molecular weight is 384 g/mol. The quantitative estimate of drug-likeness (QED) is 0.791. The molecule has 0 saturated heterocycles. The maximum Gasteiger partial charge on any atom is 0.273 e. The van der Waals surface area contributed by atoms with Crippen molar-refractivity contribution < 1.29 is 9.59 Å². The summed E-state index contributed by atoms with van der Waals surface area (Å²) in [5, 5.41) is 9.25. The van der Waals surface area contributed by atoms with Gasteiger partial charge in [0.05, 0.1) is 11.3 Å². The van der Waals surface area contributed by atoms with Crippen LogP contribution in [0.3, 0.4) is 0 Å². The predicted molar refractivity (Wildman–Crippen MR) is 83.7 cm³/mol. The molecule has 0 spiro atoms. The molecule has 2 rings (SSSR count). The van der Waals surface area contributed by atoms with Gasteiger partial charge in [0.15, 0.2) is 5.69 Å². The summed E-state index contributed by atoms with van der Waals surface area (Å²) in [6.07, 6.45) is 1.60. The van der Waals surface area contributed by atoms with E-state index < -0.39 is 0 Å². The van der Waals surface area contributed by atoms with E-state index in [4.69, 9.17) is 0 Å². The lowest BCUT2D eigenvalue weighted by atomic mass is 10.2. The van der Waals surface area contributed by atoms with Crippen molar-refractivity contribution >= 4 is 40.1 Å². The highest BCUT2D eigenvalue weighted by molar-refractivity contribution is 14.1. The van der Waals surface area contributed by atoms with Gasteiger partial charge in [0, 0.05) is 23.9 Å². The topological polar surface area (TPSA) is 76.0 Å². The molecule has 0 bridgehead atoms. The number of carbonyl (C=O) groups excluding carboxylic acids is 2. The number of benzene rings is 1. The molecule has 0 atom stereocenters. The molecule has 2 amide bonds. The molecule has 1 heterocycles. The molecular weight excluding hydrogens is 371 g/mol. The largest absolute Gasteiger partial charge is 0.354 e. The van der Waals surface area contributed by atoms with Gasteiger partial charge >= 0.3 is 0 Å². The maximum atomic E-state index is 12.2. The summed E-state index contributed by atoms with van der Waals surface area (Å²) in [6, 6.07) is 7.23. The Morgan fingerprint density at radius 1 is 1.25 bits per heavy atom. The zero-order valence-electron chi connectivity index (χ0n) is 11.0. The number of amides is 2. The van der Waals surface area contributed by atoms with E-state index in [-0.39, 0.29) is 17.5 Å². The number of nitrogens with zero attached hydrogens (tertiary/aromatic N) is 2. The molecule has 1 aromatic carbocycles. The van der Waals surface area contributed by atoms with Crippen LogP contribution in [-0.4, -0.2) is 28.6 Å². The molecule has 2 N–H and O–H groups in total. The van der Waals surface area contributed by atoms with Crippen LogP contribution in [0, 0.1) is 3.57 Å². The van der Waals surface area contributed by atoms with Gasteiger partial charge in [-0.2, -0.15) is 5.10 Å². The fourth-order valence-electron chi connectivity index (χ4n) is 1.70. The third-order valence-corrected chi connectivity index (χ3v) is 3.58. The molecule has 0 aliphatic heterocycles. The van der Waals surface area contributed by atoms with Crippen molar-refractivity contribution in [2.24, 2.45) is 7.05 Å². The Labute approximate surface area is 129 Å². The Morgan fingerprint density at radius 3 is 2.60 bits per heavy atom. The molecule has 0 fully saturated rings. The predicted octanol–water partition coefficient (Wildman–Crippen LogP) is 1.64. The smallest absolute Gasteiger partial charge is 0.273 e. The van der Waals surface area contributed by atoms with E-state index in [0.717, 1.165) is 3.57 Å². The molecule has 0 aliphatic carbocycles. The van der Waals surface area contributed by atoms with Crippen LogP contribution in [0.4, 0.5) is 5.69 Å². The molecule has 0 aliphatic rings. The number of carbonyl (C=O) groups is 2. The van der Waals surface area contributed by atoms with E-state index in [1.165, 1.54) is 11.7 Å². The lowest BCUT2D eigenvalue weighted by Crippen LogP contribution is -2.21. The number of aromatic nitrogens is 2. The molecule has 6 nitrogen and oxygen atoms in total. The van der Waals surface area contributed by atoms with E-state index in [1.807, 2.05) is 12.1 Å². The second kappa shape index (κ2) is 6.04. The van der Waals surface area contributed by atoms with Gasteiger partial charge in [0.1, 0.15) is 0 Å². The number of nitrogens with one attached hydrogen (secondary N) is 2. The summed E-state index contributed by atoms with van der Waals surface area (Å²) in [5.41, 5.74) is 1.13. The van der Waals surface area contributed by atoms with Gasteiger partial charge in [-0.3, -0.25) is 14.3 Å². The zero-order valence-corrected chi connectivity index (χ0v) is 13.1. The number of anilines is 1. The molecule has 2 aromatic rings. The Morgan fingerprint density at radius 2 is 1.95 bits per heavy atom. The van der Waals surface area contributed by atoms with Crippen molar-refractivity contribution in [3.8, 4) is 0 Å². The van der Waals surface area contributed by atoms with Crippen LogP contribution in [0.5, 0.6) is 0 Å². The van der Waals surface area contributed by atoms with Gasteiger partial charge in [-0.05, 0) is 34.7 Å². The van der Waals surface area contributed by atoms with Crippen molar-refractivity contribution in [1.82, 2.24) is 15.1 Å². The van der Waals surface area contributed by atoms with Crippen LogP contribution < -0.4 is 10.6 Å². The van der Waals surface area contributed by atoms with Gasteiger partial charge in [-0.1, -0.05) is 12.1 Å². The summed E-state index contributed by atoms with van der Waals surface area (Å²) in [4.78, 5) is 23.9. The zero-order chi connectivity index (χ0) is 14.7. The third kappa shape index (κ3) is 2.98. The minimum atomic E-state index is -0.344. The number of aryl methyl sites for hydroxylation is 1. The Kier molecular flexibility index (Phi) is 4.38. The SMILES string of the molecule is CNC(=O)c1nn(C)cc1NC(=O)c1ccccc1I. The molecule has 0 saturated carbocycles. The van der Waals surface area contributed by atoms with Gasteiger partial charge in [0.25, 0.3) is 11.8 Å². The summed E-state index contributed by atoms with van der Waals surface area (Å²) in [7, 11) is 3.21. The summed E-state index contributed by atoms with van der Waals surface area (Å²) < 4.78 is 2.32. The fraction of sp³-hybridized carbons (Fsp3) is 0.154. The van der Waals surface area contributed by atoms with E-state index in [9.17, 15) is 9.59 Å². The van der Waals surface area contributed by atoms with E-state index in [2.05, 4.69) is 38.3 Å². The molecular formula is C13H13IN4O2. The van der Waals surface area contributed by atoms with Gasteiger partial charge in [0.2, 0.25) is 0 Å². The van der Waals surface area contributed by atoms with Crippen LogP contribution in [-0.2, 0) is 7.05 Å². The first kappa shape index (κ1) is 14.5. The Hall–Kier alpha value is -1.90. The van der Waals surface area contributed by atoms with Crippen LogP contribution in [0.15, 0.2) is 30.5 Å². The van der Waals surface area contributed by atoms with Crippen LogP contribution in [0.2, 0.25) is 0 Å². The molecule has 104 valence electrons. The van der Waals surface area contributed by atoms with Crippen molar-refractivity contribution in [2.45, 2.75) is 0 Å². The normalized spacial score (nSPS) is 10.2.